The third-order valence-corrected chi connectivity index (χ3v) is 3.49. The van der Waals surface area contributed by atoms with Gasteiger partial charge in [0.15, 0.2) is 0 Å². The lowest BCUT2D eigenvalue weighted by molar-refractivity contribution is 0.889. The first-order valence-electron chi connectivity index (χ1n) is 5.23. The van der Waals surface area contributed by atoms with E-state index in [1.54, 1.807) is 14.1 Å². The molecule has 0 saturated carbocycles. The number of hydrogen-bond donors (Lipinski definition) is 0. The molecule has 0 aromatic rings. The molecule has 0 N–H and O–H groups in total. The maximum Gasteiger partial charge on any atom is 0.0579 e. The van der Waals surface area contributed by atoms with Crippen molar-refractivity contribution in [3.8, 4) is 0 Å². The van der Waals surface area contributed by atoms with Crippen LogP contribution in [0.25, 0.3) is 0 Å². The van der Waals surface area contributed by atoms with E-state index in [1.807, 2.05) is 0 Å². The van der Waals surface area contributed by atoms with Crippen LogP contribution >= 0.6 is 0 Å². The maximum absolute atomic E-state index is 5.96. The Morgan fingerprint density at radius 1 is 1.21 bits per heavy atom. The maximum atomic E-state index is 5.96. The normalized spacial score (nSPS) is 20.8. The van der Waals surface area contributed by atoms with E-state index in [4.69, 9.17) is 30.9 Å². The van der Waals surface area contributed by atoms with Gasteiger partial charge in [0.05, 0.1) is 13.0 Å². The second-order valence-electron chi connectivity index (χ2n) is 4.34. The van der Waals surface area contributed by atoms with Crippen molar-refractivity contribution in [3.63, 3.8) is 0 Å². The summed E-state index contributed by atoms with van der Waals surface area (Å²) in [5, 5.41) is 0. The first kappa shape index (κ1) is 12.7. The molecule has 0 amide bonds. The summed E-state index contributed by atoms with van der Waals surface area (Å²) in [6.07, 6.45) is 2.14. The number of rotatable bonds is 4. The first-order valence-corrected chi connectivity index (χ1v) is 5.23. The minimum Gasteiger partial charge on any atom is -0.0899 e. The molecular formula is C4H8B10. The third-order valence-electron chi connectivity index (χ3n) is 3.49. The molecule has 0 bridgehead atoms. The molecule has 1 aliphatic rings. The average molecular weight is 164 g/mol. The lowest BCUT2D eigenvalue weighted by Crippen LogP contribution is -2.60. The van der Waals surface area contributed by atoms with Crippen molar-refractivity contribution >= 4 is 70.8 Å². The van der Waals surface area contributed by atoms with E-state index in [2.05, 4.69) is 6.92 Å². The summed E-state index contributed by atoms with van der Waals surface area (Å²) in [5.74, 6) is 0.584. The van der Waals surface area contributed by atoms with E-state index < -0.39 is 0 Å². The predicted molar refractivity (Wildman–Crippen MR) is 76.4 cm³/mol. The first-order chi connectivity index (χ1) is 6.61. The smallest absolute Gasteiger partial charge is 0.0579 e. The lowest BCUT2D eigenvalue weighted by Gasteiger charge is -2.26. The van der Waals surface area contributed by atoms with Crippen LogP contribution in [-0.4, -0.2) is 70.8 Å². The fourth-order valence-electron chi connectivity index (χ4n) is 2.65. The minimum atomic E-state index is -0.0662. The Morgan fingerprint density at radius 3 is 2.29 bits per heavy atom. The molecule has 1 heterocycles. The van der Waals surface area contributed by atoms with Gasteiger partial charge >= 0.3 is 0 Å². The highest BCUT2D eigenvalue weighted by Gasteiger charge is 2.42. The summed E-state index contributed by atoms with van der Waals surface area (Å²) in [6, 6.07) is 0. The summed E-state index contributed by atoms with van der Waals surface area (Å²) >= 11 is 0. The zero-order valence-corrected chi connectivity index (χ0v) is 8.77. The SMILES string of the molecule is [B][B]B([B])B1CCC(C)B1B([B])[B][B]. The monoisotopic (exact) mass is 166 g/mol. The quantitative estimate of drug-likeness (QED) is 0.417. The Kier molecular flexibility index (Phi) is 5.14. The summed E-state index contributed by atoms with van der Waals surface area (Å²) in [6.45, 7) is 2.96. The van der Waals surface area contributed by atoms with Crippen molar-refractivity contribution in [2.45, 2.75) is 25.5 Å². The second kappa shape index (κ2) is 5.66. The molecule has 14 heavy (non-hydrogen) atoms. The van der Waals surface area contributed by atoms with Gasteiger partial charge in [-0.05, 0) is 0 Å². The van der Waals surface area contributed by atoms with Crippen LogP contribution in [0.1, 0.15) is 13.3 Å². The van der Waals surface area contributed by atoms with Crippen LogP contribution in [0.4, 0.5) is 0 Å². The standard InChI is InChI=1S/C4H8B10/c1-4-2-3-11(13(7)9-5)12(4)14(8)10-6/h4H,2-3H2,1H3. The molecule has 1 saturated heterocycles. The van der Waals surface area contributed by atoms with Crippen molar-refractivity contribution in [2.75, 3.05) is 0 Å². The van der Waals surface area contributed by atoms with E-state index >= 15 is 0 Å². The molecule has 54 valence electrons. The molecule has 1 aliphatic heterocycles. The van der Waals surface area contributed by atoms with Crippen molar-refractivity contribution in [2.24, 2.45) is 0 Å². The van der Waals surface area contributed by atoms with Crippen LogP contribution in [0.5, 0.6) is 0 Å². The van der Waals surface area contributed by atoms with Crippen LogP contribution in [0, 0.1) is 0 Å². The molecule has 0 aliphatic carbocycles. The molecular weight excluding hydrogens is 156 g/mol. The van der Waals surface area contributed by atoms with Gasteiger partial charge < -0.3 is 0 Å². The molecule has 0 nitrogen and oxygen atoms in total. The van der Waals surface area contributed by atoms with Gasteiger partial charge in [0, 0.05) is 57.8 Å². The summed E-state index contributed by atoms with van der Waals surface area (Å²) in [5.41, 5.74) is 0. The molecule has 10 heteroatoms. The highest BCUT2D eigenvalue weighted by Crippen LogP contribution is 2.30. The van der Waals surface area contributed by atoms with Crippen LogP contribution in [0.2, 0.25) is 12.1 Å². The van der Waals surface area contributed by atoms with Crippen molar-refractivity contribution in [1.29, 1.82) is 0 Å². The second-order valence-corrected chi connectivity index (χ2v) is 4.34. The highest BCUT2D eigenvalue weighted by atomic mass is 13.9. The van der Waals surface area contributed by atoms with E-state index in [1.165, 1.54) is 6.42 Å². The molecule has 1 fully saturated rings. The predicted octanol–water partition coefficient (Wildman–Crippen LogP) is -2.11. The number of hydrogen-bond acceptors (Lipinski definition) is 0. The topological polar surface area (TPSA) is 0 Å². The van der Waals surface area contributed by atoms with E-state index in [-0.39, 0.29) is 12.8 Å². The lowest BCUT2D eigenvalue weighted by atomic mass is 8.63. The molecule has 0 aromatic heterocycles. The van der Waals surface area contributed by atoms with Gasteiger partial charge in [0.1, 0.15) is 0 Å². The Balaban J connectivity index is 2.66. The summed E-state index contributed by atoms with van der Waals surface area (Å²) in [4.78, 5) is 0. The fraction of sp³-hybridized carbons (Fsp3) is 1.00. The summed E-state index contributed by atoms with van der Waals surface area (Å²) in [7, 11) is 26.0. The van der Waals surface area contributed by atoms with Crippen LogP contribution < -0.4 is 0 Å². The average Bonchev–Trinajstić information content (AvgIpc) is 2.58. The Hall–Kier alpha value is 0.649. The van der Waals surface area contributed by atoms with Gasteiger partial charge in [-0.25, -0.2) is 0 Å². The largest absolute Gasteiger partial charge is 0.0899 e. The van der Waals surface area contributed by atoms with Gasteiger partial charge in [-0.1, -0.05) is 25.5 Å². The van der Waals surface area contributed by atoms with Gasteiger partial charge in [-0.3, -0.25) is 0 Å². The highest BCUT2D eigenvalue weighted by molar-refractivity contribution is 7.90. The Labute approximate surface area is 96.5 Å². The van der Waals surface area contributed by atoms with E-state index in [0.29, 0.717) is 18.8 Å². The van der Waals surface area contributed by atoms with Crippen molar-refractivity contribution in [1.82, 2.24) is 0 Å². The van der Waals surface area contributed by atoms with Crippen molar-refractivity contribution < 1.29 is 0 Å². The Morgan fingerprint density at radius 2 is 1.79 bits per heavy atom. The molecule has 1 rings (SSSR count). The zero-order chi connectivity index (χ0) is 10.7. The molecule has 0 aromatic carbocycles. The molecule has 10 radical (unpaired) electrons. The van der Waals surface area contributed by atoms with Gasteiger partial charge in [-0.2, -0.15) is 0 Å². The van der Waals surface area contributed by atoms with Gasteiger partial charge in [0.2, 0.25) is 0 Å². The van der Waals surface area contributed by atoms with E-state index in [0.717, 1.165) is 6.32 Å². The zero-order valence-electron chi connectivity index (χ0n) is 8.77. The van der Waals surface area contributed by atoms with Gasteiger partial charge in [0.25, 0.3) is 0 Å². The van der Waals surface area contributed by atoms with Crippen LogP contribution in [0.15, 0.2) is 0 Å². The molecule has 1 unspecified atom stereocenters. The third kappa shape index (κ3) is 2.61. The molecule has 0 spiro atoms. The minimum absolute atomic E-state index is 0.0593. The van der Waals surface area contributed by atoms with Crippen LogP contribution in [-0.2, 0) is 0 Å². The van der Waals surface area contributed by atoms with Crippen LogP contribution in [0.3, 0.4) is 0 Å². The van der Waals surface area contributed by atoms with E-state index in [9.17, 15) is 0 Å². The summed E-state index contributed by atoms with van der Waals surface area (Å²) < 4.78 is 0. The van der Waals surface area contributed by atoms with Gasteiger partial charge in [-0.15, -0.1) is 0 Å². The molecule has 1 atom stereocenters. The Bertz CT molecular complexity index is 174. The van der Waals surface area contributed by atoms with Crippen molar-refractivity contribution in [3.05, 3.63) is 0 Å². The fourth-order valence-corrected chi connectivity index (χ4v) is 2.65.